The van der Waals surface area contributed by atoms with Crippen molar-refractivity contribution in [3.05, 3.63) is 72.5 Å². The topological polar surface area (TPSA) is 113 Å². The van der Waals surface area contributed by atoms with E-state index >= 15 is 0 Å². The Morgan fingerprint density at radius 3 is 2.47 bits per heavy atom. The molecule has 0 aliphatic rings. The van der Waals surface area contributed by atoms with Gasteiger partial charge in [0.15, 0.2) is 11.6 Å². The highest BCUT2D eigenvalue weighted by Gasteiger charge is 2.34. The third-order valence-corrected chi connectivity index (χ3v) is 5.61. The number of nitrogen functional groups attached to an aromatic ring is 1. The van der Waals surface area contributed by atoms with Crippen LogP contribution in [0.1, 0.15) is 30.9 Å². The predicted molar refractivity (Wildman–Crippen MR) is 118 cm³/mol. The Morgan fingerprint density at radius 1 is 1.03 bits per heavy atom. The highest BCUT2D eigenvalue weighted by molar-refractivity contribution is 6.00. The van der Waals surface area contributed by atoms with Crippen LogP contribution in [0.2, 0.25) is 0 Å². The molecule has 0 aliphatic heterocycles. The number of anilines is 1. The molecule has 0 fully saturated rings. The van der Waals surface area contributed by atoms with Crippen molar-refractivity contribution < 1.29 is 22.0 Å². The van der Waals surface area contributed by atoms with E-state index in [0.717, 1.165) is 23.1 Å². The summed E-state index contributed by atoms with van der Waals surface area (Å²) in [5, 5.41) is 8.47. The molecule has 0 bridgehead atoms. The van der Waals surface area contributed by atoms with Crippen LogP contribution >= 0.6 is 0 Å². The minimum Gasteiger partial charge on any atom is -0.383 e. The number of alkyl halides is 3. The van der Waals surface area contributed by atoms with E-state index in [9.17, 15) is 22.0 Å². The van der Waals surface area contributed by atoms with Crippen LogP contribution < -0.4 is 5.73 Å². The van der Waals surface area contributed by atoms with Gasteiger partial charge in [-0.25, -0.2) is 33.4 Å². The number of rotatable bonds is 5. The largest absolute Gasteiger partial charge is 0.451 e. The summed E-state index contributed by atoms with van der Waals surface area (Å²) in [6.45, 7) is 1.86. The van der Waals surface area contributed by atoms with E-state index in [-0.39, 0.29) is 17.1 Å². The molecule has 0 amide bonds. The van der Waals surface area contributed by atoms with Crippen molar-refractivity contribution in [2.75, 3.05) is 5.73 Å². The van der Waals surface area contributed by atoms with E-state index in [1.807, 2.05) is 6.92 Å². The molecule has 1 aromatic carbocycles. The lowest BCUT2D eigenvalue weighted by molar-refractivity contribution is -0.144. The fourth-order valence-electron chi connectivity index (χ4n) is 3.94. The molecule has 0 radical (unpaired) electrons. The molecule has 2 N–H and O–H groups in total. The average Bonchev–Trinajstić information content (AvgIpc) is 3.48. The quantitative estimate of drug-likeness (QED) is 0.356. The number of hydrogen-bond acceptors (Lipinski definition) is 7. The van der Waals surface area contributed by atoms with Crippen molar-refractivity contribution in [3.8, 4) is 16.8 Å². The zero-order valence-electron chi connectivity index (χ0n) is 18.4. The molecular formula is C22H16F5N9. The van der Waals surface area contributed by atoms with Gasteiger partial charge in [-0.1, -0.05) is 18.2 Å². The van der Waals surface area contributed by atoms with E-state index < -0.39 is 29.7 Å². The monoisotopic (exact) mass is 501 g/mol. The summed E-state index contributed by atoms with van der Waals surface area (Å²) in [5.41, 5.74) is 7.47. The van der Waals surface area contributed by atoms with Gasteiger partial charge in [0, 0.05) is 29.7 Å². The molecule has 0 unspecified atom stereocenters. The fraction of sp³-hybridized carbons (Fsp3) is 0.182. The fourth-order valence-corrected chi connectivity index (χ4v) is 3.94. The molecular weight excluding hydrogens is 485 g/mol. The number of fused-ring (bicyclic) bond motifs is 1. The summed E-state index contributed by atoms with van der Waals surface area (Å²) in [6, 6.07) is 3.22. The van der Waals surface area contributed by atoms with Crippen LogP contribution in [0.4, 0.5) is 27.8 Å². The van der Waals surface area contributed by atoms with Gasteiger partial charge in [-0.2, -0.15) is 13.2 Å². The van der Waals surface area contributed by atoms with Crippen LogP contribution in [-0.4, -0.2) is 39.5 Å². The van der Waals surface area contributed by atoms with Gasteiger partial charge in [0.05, 0.1) is 17.6 Å². The van der Waals surface area contributed by atoms with Crippen molar-refractivity contribution in [3.63, 3.8) is 0 Å². The molecule has 5 aromatic rings. The summed E-state index contributed by atoms with van der Waals surface area (Å²) < 4.78 is 69.6. The Kier molecular flexibility index (Phi) is 5.57. The van der Waals surface area contributed by atoms with Gasteiger partial charge in [-0.3, -0.25) is 0 Å². The highest BCUT2D eigenvalue weighted by Crippen LogP contribution is 2.36. The molecule has 36 heavy (non-hydrogen) atoms. The zero-order chi connectivity index (χ0) is 25.6. The summed E-state index contributed by atoms with van der Waals surface area (Å²) in [4.78, 5) is 15.2. The standard InChI is InChI=1S/C22H16F5N9/c1-2-15(14-9-36(34-33-14)16-5-3-4-13(23)18(16)24)35-8-12(17-19(28)31-10-32-20(17)35)11-6-29-21(30-7-11)22(25,26)27/h3-10,15H,2H2,1H3,(H2,28,31,32)/t15-/m0/s1. The van der Waals surface area contributed by atoms with Crippen LogP contribution in [-0.2, 0) is 6.18 Å². The van der Waals surface area contributed by atoms with Gasteiger partial charge in [-0.05, 0) is 18.6 Å². The summed E-state index contributed by atoms with van der Waals surface area (Å²) in [6.07, 6.45) is 2.24. The van der Waals surface area contributed by atoms with Crippen LogP contribution in [0.15, 0.2) is 49.3 Å². The number of hydrogen-bond donors (Lipinski definition) is 1. The van der Waals surface area contributed by atoms with Crippen LogP contribution in [0, 0.1) is 11.6 Å². The smallest absolute Gasteiger partial charge is 0.383 e. The molecule has 14 heteroatoms. The molecule has 4 aromatic heterocycles. The minimum atomic E-state index is -4.69. The molecule has 0 aliphatic carbocycles. The number of nitrogens with zero attached hydrogens (tertiary/aromatic N) is 8. The zero-order valence-corrected chi connectivity index (χ0v) is 18.4. The Bertz CT molecular complexity index is 1560. The second kappa shape index (κ2) is 8.62. The third kappa shape index (κ3) is 3.89. The predicted octanol–water partition coefficient (Wildman–Crippen LogP) is 4.35. The van der Waals surface area contributed by atoms with Crippen molar-refractivity contribution in [2.45, 2.75) is 25.6 Å². The maximum atomic E-state index is 14.3. The van der Waals surface area contributed by atoms with E-state index in [0.29, 0.717) is 28.7 Å². The molecule has 1 atom stereocenters. The van der Waals surface area contributed by atoms with Gasteiger partial charge in [0.1, 0.15) is 29.2 Å². The first-order valence-corrected chi connectivity index (χ1v) is 10.6. The molecule has 4 heterocycles. The normalized spacial score (nSPS) is 12.8. The van der Waals surface area contributed by atoms with Crippen molar-refractivity contribution in [1.29, 1.82) is 0 Å². The van der Waals surface area contributed by atoms with Crippen LogP contribution in [0.3, 0.4) is 0 Å². The highest BCUT2D eigenvalue weighted by atomic mass is 19.4. The summed E-state index contributed by atoms with van der Waals surface area (Å²) in [7, 11) is 0. The summed E-state index contributed by atoms with van der Waals surface area (Å²) >= 11 is 0. The molecule has 0 spiro atoms. The Labute approximate surface area is 199 Å². The third-order valence-electron chi connectivity index (χ3n) is 5.61. The Balaban J connectivity index is 1.62. The van der Waals surface area contributed by atoms with Crippen LogP contribution in [0.5, 0.6) is 0 Å². The summed E-state index contributed by atoms with van der Waals surface area (Å²) in [5.74, 6) is -3.26. The lowest BCUT2D eigenvalue weighted by atomic mass is 10.1. The number of halogens is 5. The molecule has 0 saturated carbocycles. The molecule has 0 saturated heterocycles. The van der Waals surface area contributed by atoms with E-state index in [4.69, 9.17) is 5.73 Å². The molecule has 184 valence electrons. The second-order valence-electron chi connectivity index (χ2n) is 7.79. The van der Waals surface area contributed by atoms with Gasteiger partial charge in [0.2, 0.25) is 5.82 Å². The molecule has 5 rings (SSSR count). The second-order valence-corrected chi connectivity index (χ2v) is 7.79. The van der Waals surface area contributed by atoms with Crippen molar-refractivity contribution in [2.24, 2.45) is 0 Å². The minimum absolute atomic E-state index is 0.106. The van der Waals surface area contributed by atoms with E-state index in [1.165, 1.54) is 24.7 Å². The Morgan fingerprint density at radius 2 is 1.78 bits per heavy atom. The first kappa shape index (κ1) is 23.3. The van der Waals surface area contributed by atoms with Gasteiger partial charge in [0.25, 0.3) is 0 Å². The first-order chi connectivity index (χ1) is 17.2. The lowest BCUT2D eigenvalue weighted by Crippen LogP contribution is -2.10. The SMILES string of the molecule is CC[C@@H](c1cn(-c2cccc(F)c2F)nn1)n1cc(-c2cnc(C(F)(F)F)nc2)c2c(N)ncnc21. The molecule has 9 nitrogen and oxygen atoms in total. The van der Waals surface area contributed by atoms with E-state index in [1.54, 1.807) is 10.8 Å². The maximum absolute atomic E-state index is 14.3. The maximum Gasteiger partial charge on any atom is 0.451 e. The van der Waals surface area contributed by atoms with Crippen molar-refractivity contribution in [1.82, 2.24) is 39.5 Å². The van der Waals surface area contributed by atoms with E-state index in [2.05, 4.69) is 30.2 Å². The van der Waals surface area contributed by atoms with Gasteiger partial charge in [-0.15, -0.1) is 5.10 Å². The number of nitrogens with two attached hydrogens (primary N) is 1. The number of aromatic nitrogens is 8. The van der Waals surface area contributed by atoms with Gasteiger partial charge < -0.3 is 10.3 Å². The lowest BCUT2D eigenvalue weighted by Gasteiger charge is -2.15. The number of benzene rings is 1. The average molecular weight is 501 g/mol. The Hall–Kier alpha value is -4.49. The van der Waals surface area contributed by atoms with Crippen molar-refractivity contribution >= 4 is 16.9 Å². The first-order valence-electron chi connectivity index (χ1n) is 10.6. The van der Waals surface area contributed by atoms with Gasteiger partial charge >= 0.3 is 6.18 Å². The van der Waals surface area contributed by atoms with Crippen LogP contribution in [0.25, 0.3) is 27.8 Å².